The lowest BCUT2D eigenvalue weighted by molar-refractivity contribution is 0.0604. The fourth-order valence-electron chi connectivity index (χ4n) is 5.04. The van der Waals surface area contributed by atoms with E-state index in [2.05, 4.69) is 46.8 Å². The molecule has 5 rings (SSSR count). The lowest BCUT2D eigenvalue weighted by atomic mass is 9.96. The van der Waals surface area contributed by atoms with E-state index in [-0.39, 0.29) is 11.9 Å². The van der Waals surface area contributed by atoms with Gasteiger partial charge in [0.05, 0.1) is 11.7 Å². The SMILES string of the molecule is Cc1ccc(-c2nc(C(=O)N3CCCC[C@@H]3c3cccnc3)c3n2CCCCC3)cc1. The molecule has 5 heteroatoms. The van der Waals surface area contributed by atoms with Gasteiger partial charge in [0.15, 0.2) is 0 Å². The Balaban J connectivity index is 1.56. The molecule has 1 saturated heterocycles. The van der Waals surface area contributed by atoms with Gasteiger partial charge in [-0.1, -0.05) is 42.3 Å². The van der Waals surface area contributed by atoms with Crippen LogP contribution in [-0.2, 0) is 13.0 Å². The van der Waals surface area contributed by atoms with Crippen molar-refractivity contribution in [3.8, 4) is 11.4 Å². The van der Waals surface area contributed by atoms with Crippen molar-refractivity contribution in [2.45, 2.75) is 64.5 Å². The molecule has 0 unspecified atom stereocenters. The average Bonchev–Trinajstić information content (AvgIpc) is 3.00. The molecule has 160 valence electrons. The van der Waals surface area contributed by atoms with Gasteiger partial charge in [-0.2, -0.15) is 0 Å². The number of pyridine rings is 1. The van der Waals surface area contributed by atoms with Crippen LogP contribution in [0.5, 0.6) is 0 Å². The van der Waals surface area contributed by atoms with E-state index in [1.54, 1.807) is 6.20 Å². The summed E-state index contributed by atoms with van der Waals surface area (Å²) in [4.78, 5) is 25.2. The first-order valence-electron chi connectivity index (χ1n) is 11.6. The van der Waals surface area contributed by atoms with E-state index >= 15 is 0 Å². The van der Waals surface area contributed by atoms with Crippen molar-refractivity contribution in [1.29, 1.82) is 0 Å². The second kappa shape index (κ2) is 8.66. The smallest absolute Gasteiger partial charge is 0.274 e. The Morgan fingerprint density at radius 3 is 2.65 bits per heavy atom. The summed E-state index contributed by atoms with van der Waals surface area (Å²) in [6.45, 7) is 3.81. The van der Waals surface area contributed by atoms with E-state index in [4.69, 9.17) is 4.98 Å². The van der Waals surface area contributed by atoms with Gasteiger partial charge in [-0.15, -0.1) is 0 Å². The Hall–Kier alpha value is -2.95. The van der Waals surface area contributed by atoms with E-state index in [0.717, 1.165) is 74.3 Å². The van der Waals surface area contributed by atoms with Crippen LogP contribution < -0.4 is 0 Å². The van der Waals surface area contributed by atoms with Crippen LogP contribution in [0.15, 0.2) is 48.8 Å². The zero-order chi connectivity index (χ0) is 21.2. The summed E-state index contributed by atoms with van der Waals surface area (Å²) in [5, 5.41) is 0. The maximum atomic E-state index is 13.9. The topological polar surface area (TPSA) is 51.0 Å². The van der Waals surface area contributed by atoms with Gasteiger partial charge in [-0.05, 0) is 57.1 Å². The Morgan fingerprint density at radius 2 is 1.84 bits per heavy atom. The van der Waals surface area contributed by atoms with Crippen molar-refractivity contribution < 1.29 is 4.79 Å². The molecule has 1 fully saturated rings. The number of hydrogen-bond donors (Lipinski definition) is 0. The number of aromatic nitrogens is 3. The third-order valence-electron chi connectivity index (χ3n) is 6.71. The molecule has 0 aliphatic carbocycles. The molecule has 0 saturated carbocycles. The molecule has 31 heavy (non-hydrogen) atoms. The molecule has 5 nitrogen and oxygen atoms in total. The Labute approximate surface area is 184 Å². The van der Waals surface area contributed by atoms with Gasteiger partial charge in [0.25, 0.3) is 5.91 Å². The standard InChI is InChI=1S/C26H30N4O/c1-19-11-13-20(14-12-19)25-28-24(23-10-3-2-5-16-29(23)25)26(31)30-17-6-4-9-22(30)21-8-7-15-27-18-21/h7-8,11-15,18,22H,2-6,9-10,16-17H2,1H3/t22-/m1/s1. The minimum absolute atomic E-state index is 0.0811. The molecule has 0 spiro atoms. The molecule has 0 N–H and O–H groups in total. The maximum absolute atomic E-state index is 13.9. The van der Waals surface area contributed by atoms with Crippen molar-refractivity contribution in [2.24, 2.45) is 0 Å². The van der Waals surface area contributed by atoms with E-state index in [1.165, 1.54) is 12.0 Å². The fourth-order valence-corrected chi connectivity index (χ4v) is 5.04. The first-order valence-corrected chi connectivity index (χ1v) is 11.6. The Bertz CT molecular complexity index is 1060. The summed E-state index contributed by atoms with van der Waals surface area (Å²) in [5.41, 5.74) is 5.23. The van der Waals surface area contributed by atoms with E-state index in [9.17, 15) is 4.79 Å². The molecule has 3 aromatic rings. The molecule has 4 heterocycles. The van der Waals surface area contributed by atoms with Crippen LogP contribution in [0, 0.1) is 6.92 Å². The molecule has 1 amide bonds. The monoisotopic (exact) mass is 414 g/mol. The second-order valence-corrected chi connectivity index (χ2v) is 8.86. The summed E-state index contributed by atoms with van der Waals surface area (Å²) in [7, 11) is 0. The number of rotatable bonds is 3. The van der Waals surface area contributed by atoms with Crippen LogP contribution in [0.1, 0.15) is 71.9 Å². The van der Waals surface area contributed by atoms with E-state index in [0.29, 0.717) is 5.69 Å². The van der Waals surface area contributed by atoms with Crippen molar-refractivity contribution in [2.75, 3.05) is 6.54 Å². The molecule has 0 radical (unpaired) electrons. The number of carbonyl (C=O) groups is 1. The number of fused-ring (bicyclic) bond motifs is 1. The summed E-state index contributed by atoms with van der Waals surface area (Å²) >= 11 is 0. The first-order chi connectivity index (χ1) is 15.2. The molecule has 2 aliphatic rings. The molecule has 1 aromatic carbocycles. The number of carbonyl (C=O) groups excluding carboxylic acids is 1. The summed E-state index contributed by atoms with van der Waals surface area (Å²) < 4.78 is 2.31. The molecular formula is C26H30N4O. The number of piperidine rings is 1. The number of likely N-dealkylation sites (tertiary alicyclic amines) is 1. The highest BCUT2D eigenvalue weighted by Crippen LogP contribution is 2.34. The largest absolute Gasteiger partial charge is 0.330 e. The third kappa shape index (κ3) is 3.89. The normalized spacial score (nSPS) is 19.0. The van der Waals surface area contributed by atoms with Gasteiger partial charge in [-0.3, -0.25) is 9.78 Å². The molecule has 2 aromatic heterocycles. The minimum atomic E-state index is 0.0811. The number of benzene rings is 1. The summed E-state index contributed by atoms with van der Waals surface area (Å²) in [6, 6.07) is 12.6. The fraction of sp³-hybridized carbons (Fsp3) is 0.423. The van der Waals surface area contributed by atoms with Crippen LogP contribution in [0.2, 0.25) is 0 Å². The predicted molar refractivity (Wildman–Crippen MR) is 122 cm³/mol. The number of nitrogens with zero attached hydrogens (tertiary/aromatic N) is 4. The van der Waals surface area contributed by atoms with Crippen LogP contribution in [0.25, 0.3) is 11.4 Å². The Kier molecular flexibility index (Phi) is 5.58. The quantitative estimate of drug-likeness (QED) is 0.581. The van der Waals surface area contributed by atoms with E-state index in [1.807, 2.05) is 17.2 Å². The number of hydrogen-bond acceptors (Lipinski definition) is 3. The number of imidazole rings is 1. The van der Waals surface area contributed by atoms with Crippen LogP contribution in [0.3, 0.4) is 0 Å². The average molecular weight is 415 g/mol. The number of aryl methyl sites for hydroxylation is 1. The lowest BCUT2D eigenvalue weighted by Gasteiger charge is -2.35. The highest BCUT2D eigenvalue weighted by molar-refractivity contribution is 5.94. The highest BCUT2D eigenvalue weighted by atomic mass is 16.2. The Morgan fingerprint density at radius 1 is 1.00 bits per heavy atom. The van der Waals surface area contributed by atoms with Gasteiger partial charge in [-0.25, -0.2) is 4.98 Å². The van der Waals surface area contributed by atoms with Crippen molar-refractivity contribution in [1.82, 2.24) is 19.4 Å². The maximum Gasteiger partial charge on any atom is 0.274 e. The zero-order valence-corrected chi connectivity index (χ0v) is 18.3. The van der Waals surface area contributed by atoms with Crippen LogP contribution >= 0.6 is 0 Å². The van der Waals surface area contributed by atoms with Gasteiger partial charge >= 0.3 is 0 Å². The molecule has 0 bridgehead atoms. The minimum Gasteiger partial charge on any atom is -0.330 e. The predicted octanol–water partition coefficient (Wildman–Crippen LogP) is 5.35. The second-order valence-electron chi connectivity index (χ2n) is 8.86. The van der Waals surface area contributed by atoms with Gasteiger partial charge in [0.1, 0.15) is 11.5 Å². The van der Waals surface area contributed by atoms with Gasteiger partial charge in [0.2, 0.25) is 0 Å². The van der Waals surface area contributed by atoms with Gasteiger partial charge in [0, 0.05) is 31.0 Å². The van der Waals surface area contributed by atoms with Crippen molar-refractivity contribution >= 4 is 5.91 Å². The first kappa shape index (κ1) is 20.0. The van der Waals surface area contributed by atoms with Crippen LogP contribution in [-0.4, -0.2) is 31.9 Å². The summed E-state index contributed by atoms with van der Waals surface area (Å²) in [6.07, 6.45) is 11.2. The van der Waals surface area contributed by atoms with Crippen LogP contribution in [0.4, 0.5) is 0 Å². The number of amides is 1. The molecular weight excluding hydrogens is 384 g/mol. The summed E-state index contributed by atoms with van der Waals surface area (Å²) in [5.74, 6) is 1.02. The molecule has 2 aliphatic heterocycles. The third-order valence-corrected chi connectivity index (χ3v) is 6.71. The van der Waals surface area contributed by atoms with Crippen molar-refractivity contribution in [3.63, 3.8) is 0 Å². The van der Waals surface area contributed by atoms with E-state index < -0.39 is 0 Å². The lowest BCUT2D eigenvalue weighted by Crippen LogP contribution is -2.39. The zero-order valence-electron chi connectivity index (χ0n) is 18.3. The highest BCUT2D eigenvalue weighted by Gasteiger charge is 2.33. The molecule has 1 atom stereocenters. The van der Waals surface area contributed by atoms with Crippen molar-refractivity contribution in [3.05, 3.63) is 71.3 Å². The van der Waals surface area contributed by atoms with Gasteiger partial charge < -0.3 is 9.47 Å².